The molecule has 120 valence electrons. The zero-order chi connectivity index (χ0) is 16.2. The van der Waals surface area contributed by atoms with E-state index in [2.05, 4.69) is 0 Å². The third-order valence-corrected chi connectivity index (χ3v) is 5.62. The summed E-state index contributed by atoms with van der Waals surface area (Å²) >= 11 is 6.01. The SMILES string of the molecule is Cc1c(CN)cc(Cl)cc1S(=O)(=O)N(C)CCCN(C)C. The Kier molecular flexibility index (Phi) is 6.62. The average Bonchev–Trinajstić information content (AvgIpc) is 2.40. The molecule has 5 nitrogen and oxygen atoms in total. The van der Waals surface area contributed by atoms with Gasteiger partial charge in [0.25, 0.3) is 0 Å². The molecule has 0 heterocycles. The molecule has 0 aromatic heterocycles. The van der Waals surface area contributed by atoms with Gasteiger partial charge < -0.3 is 10.6 Å². The van der Waals surface area contributed by atoms with E-state index in [0.29, 0.717) is 17.1 Å². The molecule has 0 radical (unpaired) electrons. The normalized spacial score (nSPS) is 12.4. The summed E-state index contributed by atoms with van der Waals surface area (Å²) in [7, 11) is 1.97. The van der Waals surface area contributed by atoms with Gasteiger partial charge in [0.2, 0.25) is 10.0 Å². The molecule has 0 saturated heterocycles. The van der Waals surface area contributed by atoms with E-state index < -0.39 is 10.0 Å². The standard InChI is InChI=1S/C14H24ClN3O2S/c1-11-12(10-16)8-13(15)9-14(11)21(19,20)18(4)7-5-6-17(2)3/h8-9H,5-7,10,16H2,1-4H3. The van der Waals surface area contributed by atoms with E-state index in [1.165, 1.54) is 10.4 Å². The molecule has 0 aliphatic carbocycles. The molecule has 0 amide bonds. The molecule has 1 aromatic rings. The molecule has 7 heteroatoms. The molecule has 0 aliphatic heterocycles. The zero-order valence-electron chi connectivity index (χ0n) is 13.1. The van der Waals surface area contributed by atoms with Gasteiger partial charge in [0.05, 0.1) is 4.90 Å². The van der Waals surface area contributed by atoms with Crippen LogP contribution in [0.1, 0.15) is 17.5 Å². The second-order valence-electron chi connectivity index (χ2n) is 5.38. The Bertz CT molecular complexity index is 588. The highest BCUT2D eigenvalue weighted by Crippen LogP contribution is 2.26. The summed E-state index contributed by atoms with van der Waals surface area (Å²) in [5.41, 5.74) is 7.07. The van der Waals surface area contributed by atoms with Crippen molar-refractivity contribution < 1.29 is 8.42 Å². The fourth-order valence-electron chi connectivity index (χ4n) is 2.09. The number of nitrogens with two attached hydrogens (primary N) is 1. The molecule has 0 spiro atoms. The van der Waals surface area contributed by atoms with Crippen molar-refractivity contribution in [3.05, 3.63) is 28.3 Å². The maximum atomic E-state index is 12.7. The molecule has 0 atom stereocenters. The summed E-state index contributed by atoms with van der Waals surface area (Å²) in [5, 5.41) is 0.390. The number of halogens is 1. The van der Waals surface area contributed by atoms with E-state index in [0.717, 1.165) is 18.5 Å². The summed E-state index contributed by atoms with van der Waals surface area (Å²) < 4.78 is 26.7. The average molecular weight is 334 g/mol. The van der Waals surface area contributed by atoms with Crippen molar-refractivity contribution in [1.29, 1.82) is 0 Å². The quantitative estimate of drug-likeness (QED) is 0.824. The van der Waals surface area contributed by atoms with Gasteiger partial charge in [0.15, 0.2) is 0 Å². The molecular weight excluding hydrogens is 310 g/mol. The van der Waals surface area contributed by atoms with Crippen LogP contribution >= 0.6 is 11.6 Å². The summed E-state index contributed by atoms with van der Waals surface area (Å²) in [6, 6.07) is 3.20. The first-order valence-corrected chi connectivity index (χ1v) is 8.62. The van der Waals surface area contributed by atoms with Crippen molar-refractivity contribution in [1.82, 2.24) is 9.21 Å². The van der Waals surface area contributed by atoms with E-state index in [-0.39, 0.29) is 11.4 Å². The van der Waals surface area contributed by atoms with Crippen molar-refractivity contribution in [2.24, 2.45) is 5.73 Å². The smallest absolute Gasteiger partial charge is 0.243 e. The fourth-order valence-corrected chi connectivity index (χ4v) is 3.89. The summed E-state index contributed by atoms with van der Waals surface area (Å²) in [5.74, 6) is 0. The predicted octanol–water partition coefficient (Wildman–Crippen LogP) is 1.68. The highest BCUT2D eigenvalue weighted by Gasteiger charge is 2.24. The van der Waals surface area contributed by atoms with Crippen LogP contribution in [-0.4, -0.2) is 51.9 Å². The van der Waals surface area contributed by atoms with Crippen LogP contribution in [0.25, 0.3) is 0 Å². The summed E-state index contributed by atoms with van der Waals surface area (Å²) in [4.78, 5) is 2.26. The number of hydrogen-bond donors (Lipinski definition) is 1. The molecule has 0 bridgehead atoms. The number of benzene rings is 1. The van der Waals surface area contributed by atoms with Crippen molar-refractivity contribution in [2.75, 3.05) is 34.2 Å². The van der Waals surface area contributed by atoms with Crippen molar-refractivity contribution in [3.8, 4) is 0 Å². The number of hydrogen-bond acceptors (Lipinski definition) is 4. The van der Waals surface area contributed by atoms with Crippen LogP contribution in [0.5, 0.6) is 0 Å². The third kappa shape index (κ3) is 4.66. The largest absolute Gasteiger partial charge is 0.326 e. The highest BCUT2D eigenvalue weighted by atomic mass is 35.5. The zero-order valence-corrected chi connectivity index (χ0v) is 14.6. The molecule has 2 N–H and O–H groups in total. The lowest BCUT2D eigenvalue weighted by Crippen LogP contribution is -2.30. The topological polar surface area (TPSA) is 66.6 Å². The molecule has 0 unspecified atom stereocenters. The van der Waals surface area contributed by atoms with Crippen molar-refractivity contribution in [3.63, 3.8) is 0 Å². The maximum Gasteiger partial charge on any atom is 0.243 e. The van der Waals surface area contributed by atoms with Gasteiger partial charge in [-0.1, -0.05) is 11.6 Å². The molecule has 0 aliphatic rings. The maximum absolute atomic E-state index is 12.7. The van der Waals surface area contributed by atoms with Crippen LogP contribution in [-0.2, 0) is 16.6 Å². The van der Waals surface area contributed by atoms with Gasteiger partial charge in [0, 0.05) is 25.2 Å². The van der Waals surface area contributed by atoms with Crippen LogP contribution in [0.15, 0.2) is 17.0 Å². The van der Waals surface area contributed by atoms with E-state index in [4.69, 9.17) is 17.3 Å². The van der Waals surface area contributed by atoms with Crippen LogP contribution < -0.4 is 5.73 Å². The Balaban J connectivity index is 3.05. The van der Waals surface area contributed by atoms with Crippen LogP contribution in [0.4, 0.5) is 0 Å². The first-order valence-electron chi connectivity index (χ1n) is 6.80. The molecule has 1 aromatic carbocycles. The highest BCUT2D eigenvalue weighted by molar-refractivity contribution is 7.89. The second-order valence-corrected chi connectivity index (χ2v) is 7.83. The lowest BCUT2D eigenvalue weighted by molar-refractivity contribution is 0.370. The Hall–Kier alpha value is -0.660. The van der Waals surface area contributed by atoms with E-state index >= 15 is 0 Å². The monoisotopic (exact) mass is 333 g/mol. The summed E-state index contributed by atoms with van der Waals surface area (Å²) in [6.07, 6.45) is 0.770. The van der Waals surface area contributed by atoms with Gasteiger partial charge in [-0.3, -0.25) is 0 Å². The Morgan fingerprint density at radius 2 is 1.81 bits per heavy atom. The van der Waals surface area contributed by atoms with Crippen LogP contribution in [0.2, 0.25) is 5.02 Å². The van der Waals surface area contributed by atoms with Gasteiger partial charge >= 0.3 is 0 Å². The number of rotatable bonds is 7. The van der Waals surface area contributed by atoms with Crippen molar-refractivity contribution in [2.45, 2.75) is 24.8 Å². The third-order valence-electron chi connectivity index (χ3n) is 3.42. The Labute approximate surface area is 132 Å². The second kappa shape index (κ2) is 7.56. The minimum Gasteiger partial charge on any atom is -0.326 e. The minimum absolute atomic E-state index is 0.239. The first-order chi connectivity index (χ1) is 9.70. The number of nitrogens with zero attached hydrogens (tertiary/aromatic N) is 2. The van der Waals surface area contributed by atoms with Gasteiger partial charge in [-0.05, 0) is 57.2 Å². The van der Waals surface area contributed by atoms with Gasteiger partial charge in [0.1, 0.15) is 0 Å². The molecule has 0 saturated carbocycles. The molecule has 1 rings (SSSR count). The predicted molar refractivity (Wildman–Crippen MR) is 87.1 cm³/mol. The Morgan fingerprint density at radius 1 is 1.19 bits per heavy atom. The van der Waals surface area contributed by atoms with E-state index in [1.54, 1.807) is 20.0 Å². The van der Waals surface area contributed by atoms with E-state index in [1.807, 2.05) is 19.0 Å². The minimum atomic E-state index is -3.55. The molecule has 0 fully saturated rings. The van der Waals surface area contributed by atoms with Gasteiger partial charge in [-0.25, -0.2) is 12.7 Å². The lowest BCUT2D eigenvalue weighted by Gasteiger charge is -2.20. The van der Waals surface area contributed by atoms with Gasteiger partial charge in [-0.15, -0.1) is 0 Å². The van der Waals surface area contributed by atoms with Gasteiger partial charge in [-0.2, -0.15) is 0 Å². The first kappa shape index (κ1) is 18.4. The summed E-state index contributed by atoms with van der Waals surface area (Å²) in [6.45, 7) is 3.32. The molecular formula is C14H24ClN3O2S. The van der Waals surface area contributed by atoms with Crippen LogP contribution in [0, 0.1) is 6.92 Å². The molecule has 21 heavy (non-hydrogen) atoms. The van der Waals surface area contributed by atoms with E-state index in [9.17, 15) is 8.42 Å². The van der Waals surface area contributed by atoms with Crippen LogP contribution in [0.3, 0.4) is 0 Å². The lowest BCUT2D eigenvalue weighted by atomic mass is 10.1. The number of sulfonamides is 1. The Morgan fingerprint density at radius 3 is 2.33 bits per heavy atom. The van der Waals surface area contributed by atoms with Crippen molar-refractivity contribution >= 4 is 21.6 Å². The fraction of sp³-hybridized carbons (Fsp3) is 0.571.